The molecule has 0 spiro atoms. The highest BCUT2D eigenvalue weighted by atomic mass is 32.2. The van der Waals surface area contributed by atoms with E-state index in [1.807, 2.05) is 67.3 Å². The molecule has 5 rings (SSSR count). The van der Waals surface area contributed by atoms with E-state index in [1.54, 1.807) is 31.4 Å². The van der Waals surface area contributed by atoms with Crippen molar-refractivity contribution < 1.29 is 17.6 Å². The van der Waals surface area contributed by atoms with E-state index in [2.05, 4.69) is 9.88 Å². The Bertz CT molecular complexity index is 1440. The number of aromatic nitrogens is 1. The third-order valence-electron chi connectivity index (χ3n) is 6.47. The number of ether oxygens (including phenoxy) is 1. The largest absolute Gasteiger partial charge is 0.497 e. The molecule has 0 radical (unpaired) electrons. The van der Waals surface area contributed by atoms with Gasteiger partial charge in [-0.2, -0.15) is 4.98 Å². The first kappa shape index (κ1) is 23.9. The number of hydrogen-bond acceptors (Lipinski definition) is 7. The number of methoxy groups -OCH3 is 1. The zero-order valence-electron chi connectivity index (χ0n) is 20.6. The maximum absolute atomic E-state index is 13.7. The van der Waals surface area contributed by atoms with Crippen molar-refractivity contribution in [2.75, 3.05) is 43.1 Å². The van der Waals surface area contributed by atoms with Crippen LogP contribution in [0.3, 0.4) is 0 Å². The molecule has 2 heterocycles. The molecule has 0 saturated carbocycles. The van der Waals surface area contributed by atoms with Gasteiger partial charge >= 0.3 is 0 Å². The van der Waals surface area contributed by atoms with Crippen molar-refractivity contribution in [2.24, 2.45) is 0 Å². The minimum Gasteiger partial charge on any atom is -0.497 e. The molecule has 0 bridgehead atoms. The number of sulfone groups is 1. The van der Waals surface area contributed by atoms with E-state index >= 15 is 0 Å². The Morgan fingerprint density at radius 1 is 0.778 bits per heavy atom. The van der Waals surface area contributed by atoms with Crippen LogP contribution in [0, 0.1) is 13.8 Å². The van der Waals surface area contributed by atoms with Crippen molar-refractivity contribution in [1.29, 1.82) is 0 Å². The van der Waals surface area contributed by atoms with Crippen LogP contribution in [-0.2, 0) is 9.84 Å². The normalized spacial score (nSPS) is 14.2. The van der Waals surface area contributed by atoms with E-state index in [4.69, 9.17) is 9.15 Å². The van der Waals surface area contributed by atoms with Gasteiger partial charge in [-0.05, 0) is 62.4 Å². The number of piperazine rings is 1. The molecule has 1 aromatic heterocycles. The van der Waals surface area contributed by atoms with Gasteiger partial charge in [0.2, 0.25) is 26.6 Å². The van der Waals surface area contributed by atoms with E-state index in [0.29, 0.717) is 24.9 Å². The van der Waals surface area contributed by atoms with Gasteiger partial charge in [-0.1, -0.05) is 35.4 Å². The van der Waals surface area contributed by atoms with E-state index in [-0.39, 0.29) is 9.92 Å². The molecule has 3 aromatic carbocycles. The maximum Gasteiger partial charge on any atom is 0.236 e. The summed E-state index contributed by atoms with van der Waals surface area (Å²) in [4.78, 5) is 8.98. The van der Waals surface area contributed by atoms with Gasteiger partial charge < -0.3 is 19.0 Å². The Balaban J connectivity index is 1.48. The average molecular weight is 504 g/mol. The molecule has 8 heteroatoms. The fraction of sp³-hybridized carbons (Fsp3) is 0.250. The molecule has 186 valence electrons. The van der Waals surface area contributed by atoms with Crippen LogP contribution >= 0.6 is 0 Å². The van der Waals surface area contributed by atoms with Crippen LogP contribution in [0.2, 0.25) is 0 Å². The Labute approximate surface area is 211 Å². The Hall–Kier alpha value is -3.78. The molecule has 1 fully saturated rings. The molecule has 4 aromatic rings. The van der Waals surface area contributed by atoms with Crippen molar-refractivity contribution in [3.05, 3.63) is 83.9 Å². The molecule has 1 aliphatic heterocycles. The summed E-state index contributed by atoms with van der Waals surface area (Å²) in [6, 6.07) is 22.5. The van der Waals surface area contributed by atoms with E-state index < -0.39 is 9.84 Å². The van der Waals surface area contributed by atoms with Gasteiger partial charge in [-0.3, -0.25) is 0 Å². The average Bonchev–Trinajstić information content (AvgIpc) is 3.36. The summed E-state index contributed by atoms with van der Waals surface area (Å²) in [6.07, 6.45) is 0. The second kappa shape index (κ2) is 9.70. The van der Waals surface area contributed by atoms with Gasteiger partial charge in [-0.15, -0.1) is 0 Å². The van der Waals surface area contributed by atoms with Gasteiger partial charge in [0.05, 0.1) is 12.0 Å². The van der Waals surface area contributed by atoms with Crippen LogP contribution in [0.4, 0.5) is 11.6 Å². The molecule has 0 N–H and O–H groups in total. The van der Waals surface area contributed by atoms with Crippen LogP contribution in [-0.4, -0.2) is 46.7 Å². The van der Waals surface area contributed by atoms with Gasteiger partial charge in [0.15, 0.2) is 0 Å². The number of anilines is 2. The summed E-state index contributed by atoms with van der Waals surface area (Å²) in [6.45, 7) is 6.57. The maximum atomic E-state index is 13.7. The van der Waals surface area contributed by atoms with Crippen LogP contribution in [0.15, 0.2) is 87.1 Å². The number of nitrogens with zero attached hydrogens (tertiary/aromatic N) is 3. The predicted octanol–water partition coefficient (Wildman–Crippen LogP) is 5.13. The number of aryl methyl sites for hydroxylation is 2. The van der Waals surface area contributed by atoms with Gasteiger partial charge in [-0.25, -0.2) is 8.42 Å². The summed E-state index contributed by atoms with van der Waals surface area (Å²) in [7, 11) is -2.23. The van der Waals surface area contributed by atoms with Crippen LogP contribution in [0.25, 0.3) is 11.5 Å². The first-order valence-electron chi connectivity index (χ1n) is 11.9. The summed E-state index contributed by atoms with van der Waals surface area (Å²) in [5.41, 5.74) is 3.93. The third-order valence-corrected chi connectivity index (χ3v) is 8.14. The Morgan fingerprint density at radius 2 is 1.33 bits per heavy atom. The first-order valence-corrected chi connectivity index (χ1v) is 13.4. The Kier molecular flexibility index (Phi) is 6.45. The zero-order valence-corrected chi connectivity index (χ0v) is 21.5. The number of rotatable bonds is 6. The lowest BCUT2D eigenvalue weighted by Crippen LogP contribution is -2.46. The summed E-state index contributed by atoms with van der Waals surface area (Å²) in [5.74, 6) is 1.41. The minimum absolute atomic E-state index is 0.0418. The van der Waals surface area contributed by atoms with Crippen LogP contribution < -0.4 is 14.5 Å². The van der Waals surface area contributed by atoms with Gasteiger partial charge in [0.1, 0.15) is 5.75 Å². The second-order valence-corrected chi connectivity index (χ2v) is 10.8. The lowest BCUT2D eigenvalue weighted by molar-refractivity contribution is 0.415. The SMILES string of the molecule is COc1ccc(N2CCN(c3oc(-c4ccc(C)cc4)nc3S(=O)(=O)c3ccc(C)cc3)CC2)cc1. The molecule has 1 saturated heterocycles. The molecule has 0 unspecified atom stereocenters. The fourth-order valence-corrected chi connectivity index (χ4v) is 5.60. The van der Waals surface area contributed by atoms with Crippen molar-refractivity contribution in [2.45, 2.75) is 23.8 Å². The smallest absolute Gasteiger partial charge is 0.236 e. The van der Waals surface area contributed by atoms with Crippen molar-refractivity contribution in [3.63, 3.8) is 0 Å². The number of benzene rings is 3. The first-order chi connectivity index (χ1) is 17.3. The molecule has 7 nitrogen and oxygen atoms in total. The molecule has 0 aliphatic carbocycles. The topological polar surface area (TPSA) is 75.9 Å². The summed E-state index contributed by atoms with van der Waals surface area (Å²) in [5, 5.41) is -0.0418. The molecular formula is C28H29N3O4S. The minimum atomic E-state index is -3.88. The molecule has 36 heavy (non-hydrogen) atoms. The Morgan fingerprint density at radius 3 is 1.92 bits per heavy atom. The fourth-order valence-electron chi connectivity index (χ4n) is 4.28. The van der Waals surface area contributed by atoms with Crippen molar-refractivity contribution in [3.8, 4) is 17.2 Å². The standard InChI is InChI=1S/C28H29N3O4S/c1-20-4-8-22(9-5-20)26-29-27(36(32,33)25-14-6-21(2)7-15-25)28(35-26)31-18-16-30(17-19-31)23-10-12-24(34-3)13-11-23/h4-15H,16-19H2,1-3H3. The predicted molar refractivity (Wildman–Crippen MR) is 141 cm³/mol. The third kappa shape index (κ3) is 4.68. The monoisotopic (exact) mass is 503 g/mol. The van der Waals surface area contributed by atoms with Crippen LogP contribution in [0.1, 0.15) is 11.1 Å². The van der Waals surface area contributed by atoms with Gasteiger partial charge in [0.25, 0.3) is 0 Å². The van der Waals surface area contributed by atoms with E-state index in [0.717, 1.165) is 41.2 Å². The number of hydrogen-bond donors (Lipinski definition) is 0. The number of oxazole rings is 1. The summed E-state index contributed by atoms with van der Waals surface area (Å²) >= 11 is 0. The molecule has 0 amide bonds. The lowest BCUT2D eigenvalue weighted by Gasteiger charge is -2.36. The van der Waals surface area contributed by atoms with E-state index in [9.17, 15) is 8.42 Å². The quantitative estimate of drug-likeness (QED) is 0.361. The van der Waals surface area contributed by atoms with E-state index in [1.165, 1.54) is 0 Å². The van der Waals surface area contributed by atoms with Gasteiger partial charge in [0, 0.05) is 37.4 Å². The van der Waals surface area contributed by atoms with Crippen molar-refractivity contribution in [1.82, 2.24) is 4.98 Å². The lowest BCUT2D eigenvalue weighted by atomic mass is 10.1. The highest BCUT2D eigenvalue weighted by molar-refractivity contribution is 7.91. The molecule has 0 atom stereocenters. The van der Waals surface area contributed by atoms with Crippen LogP contribution in [0.5, 0.6) is 5.75 Å². The van der Waals surface area contributed by atoms with Crippen molar-refractivity contribution >= 4 is 21.4 Å². The zero-order chi connectivity index (χ0) is 25.3. The second-order valence-electron chi connectivity index (χ2n) is 8.98. The molecule has 1 aliphatic rings. The summed E-state index contributed by atoms with van der Waals surface area (Å²) < 4.78 is 38.8. The highest BCUT2D eigenvalue weighted by Crippen LogP contribution is 2.35. The molecular weight excluding hydrogens is 474 g/mol. The highest BCUT2D eigenvalue weighted by Gasteiger charge is 2.33.